The fourth-order valence-corrected chi connectivity index (χ4v) is 2.05. The molecule has 0 bridgehead atoms. The monoisotopic (exact) mass is 279 g/mol. The third-order valence-corrected chi connectivity index (χ3v) is 3.21. The largest absolute Gasteiger partial charge is 0.478 e. The summed E-state index contributed by atoms with van der Waals surface area (Å²) in [5, 5.41) is 9.18. The van der Waals surface area contributed by atoms with Crippen LogP contribution in [0.3, 0.4) is 0 Å². The van der Waals surface area contributed by atoms with Crippen LogP contribution in [-0.4, -0.2) is 54.7 Å². The van der Waals surface area contributed by atoms with Gasteiger partial charge in [0.25, 0.3) is 0 Å². The predicted octanol–water partition coefficient (Wildman–Crippen LogP) is 2.12. The first-order valence-corrected chi connectivity index (χ1v) is 7.11. The van der Waals surface area contributed by atoms with Crippen LogP contribution in [0.15, 0.2) is 12.1 Å². The van der Waals surface area contributed by atoms with Crippen molar-refractivity contribution < 1.29 is 9.90 Å². The SMILES string of the molecule is CCc1cc(C(=O)O)cc(N(CC)CCCN(C)C)n1. The molecule has 0 radical (unpaired) electrons. The molecule has 0 aliphatic carbocycles. The van der Waals surface area contributed by atoms with Gasteiger partial charge in [0.1, 0.15) is 5.82 Å². The van der Waals surface area contributed by atoms with E-state index < -0.39 is 5.97 Å². The average molecular weight is 279 g/mol. The summed E-state index contributed by atoms with van der Waals surface area (Å²) in [5.41, 5.74) is 1.14. The van der Waals surface area contributed by atoms with Crippen molar-refractivity contribution in [1.82, 2.24) is 9.88 Å². The molecular formula is C15H25N3O2. The van der Waals surface area contributed by atoms with Gasteiger partial charge in [0, 0.05) is 18.8 Å². The van der Waals surface area contributed by atoms with Gasteiger partial charge >= 0.3 is 5.97 Å². The number of aromatic carboxylic acids is 1. The maximum Gasteiger partial charge on any atom is 0.335 e. The molecule has 0 saturated heterocycles. The molecule has 1 aromatic heterocycles. The standard InChI is InChI=1S/C15H25N3O2/c1-5-13-10-12(15(19)20)11-14(16-13)18(6-2)9-7-8-17(3)4/h10-11H,5-9H2,1-4H3,(H,19,20). The number of anilines is 1. The number of rotatable bonds is 8. The second-order valence-electron chi connectivity index (χ2n) is 5.10. The van der Waals surface area contributed by atoms with Gasteiger partial charge in [-0.3, -0.25) is 0 Å². The Labute approximate surface area is 121 Å². The number of carboxylic acids is 1. The highest BCUT2D eigenvalue weighted by atomic mass is 16.4. The molecule has 1 aromatic rings. The average Bonchev–Trinajstić information content (AvgIpc) is 2.42. The lowest BCUT2D eigenvalue weighted by molar-refractivity contribution is 0.0696. The zero-order chi connectivity index (χ0) is 15.1. The van der Waals surface area contributed by atoms with Crippen molar-refractivity contribution in [2.45, 2.75) is 26.7 Å². The summed E-state index contributed by atoms with van der Waals surface area (Å²) in [4.78, 5) is 20.0. The molecule has 5 heteroatoms. The van der Waals surface area contributed by atoms with Crippen LogP contribution in [0.25, 0.3) is 0 Å². The van der Waals surface area contributed by atoms with Crippen LogP contribution in [0.5, 0.6) is 0 Å². The molecule has 5 nitrogen and oxygen atoms in total. The Morgan fingerprint density at radius 3 is 2.45 bits per heavy atom. The Morgan fingerprint density at radius 1 is 1.25 bits per heavy atom. The highest BCUT2D eigenvalue weighted by Crippen LogP contribution is 2.16. The molecular weight excluding hydrogens is 254 g/mol. The molecule has 0 saturated carbocycles. The van der Waals surface area contributed by atoms with E-state index in [0.717, 1.165) is 44.0 Å². The lowest BCUT2D eigenvalue weighted by Gasteiger charge is -2.23. The van der Waals surface area contributed by atoms with Gasteiger partial charge in [0.15, 0.2) is 0 Å². The molecule has 20 heavy (non-hydrogen) atoms. The number of aromatic nitrogens is 1. The minimum absolute atomic E-state index is 0.318. The van der Waals surface area contributed by atoms with E-state index in [1.807, 2.05) is 6.92 Å². The highest BCUT2D eigenvalue weighted by Gasteiger charge is 2.12. The predicted molar refractivity (Wildman–Crippen MR) is 81.6 cm³/mol. The zero-order valence-electron chi connectivity index (χ0n) is 12.9. The fourth-order valence-electron chi connectivity index (χ4n) is 2.05. The number of pyridine rings is 1. The molecule has 112 valence electrons. The van der Waals surface area contributed by atoms with E-state index in [-0.39, 0.29) is 0 Å². The fraction of sp³-hybridized carbons (Fsp3) is 0.600. The van der Waals surface area contributed by atoms with Crippen LogP contribution < -0.4 is 4.90 Å². The van der Waals surface area contributed by atoms with Gasteiger partial charge < -0.3 is 14.9 Å². The summed E-state index contributed by atoms with van der Waals surface area (Å²) in [6.45, 7) is 6.77. The van der Waals surface area contributed by atoms with Gasteiger partial charge in [0.05, 0.1) is 5.56 Å². The van der Waals surface area contributed by atoms with E-state index in [9.17, 15) is 9.90 Å². The first kappa shape index (κ1) is 16.4. The minimum Gasteiger partial charge on any atom is -0.478 e. The van der Waals surface area contributed by atoms with E-state index in [1.54, 1.807) is 12.1 Å². The zero-order valence-corrected chi connectivity index (χ0v) is 12.9. The molecule has 0 atom stereocenters. The van der Waals surface area contributed by atoms with Crippen LogP contribution >= 0.6 is 0 Å². The Hall–Kier alpha value is -1.62. The van der Waals surface area contributed by atoms with E-state index in [2.05, 4.69) is 35.8 Å². The highest BCUT2D eigenvalue weighted by molar-refractivity contribution is 5.88. The van der Waals surface area contributed by atoms with Crippen molar-refractivity contribution in [2.75, 3.05) is 38.6 Å². The number of aryl methyl sites for hydroxylation is 1. The topological polar surface area (TPSA) is 56.7 Å². The van der Waals surface area contributed by atoms with Crippen LogP contribution in [0.1, 0.15) is 36.3 Å². The van der Waals surface area contributed by atoms with E-state index in [1.165, 1.54) is 0 Å². The van der Waals surface area contributed by atoms with Crippen molar-refractivity contribution in [2.24, 2.45) is 0 Å². The second kappa shape index (κ2) is 7.85. The van der Waals surface area contributed by atoms with Crippen molar-refractivity contribution in [3.63, 3.8) is 0 Å². The Morgan fingerprint density at radius 2 is 1.95 bits per heavy atom. The summed E-state index contributed by atoms with van der Waals surface area (Å²) >= 11 is 0. The summed E-state index contributed by atoms with van der Waals surface area (Å²) in [6, 6.07) is 3.32. The minimum atomic E-state index is -0.896. The summed E-state index contributed by atoms with van der Waals surface area (Å²) in [6.07, 6.45) is 1.77. The van der Waals surface area contributed by atoms with Crippen LogP contribution in [-0.2, 0) is 6.42 Å². The summed E-state index contributed by atoms with van der Waals surface area (Å²) < 4.78 is 0. The lowest BCUT2D eigenvalue weighted by Crippen LogP contribution is -2.28. The van der Waals surface area contributed by atoms with Crippen molar-refractivity contribution in [3.05, 3.63) is 23.4 Å². The van der Waals surface area contributed by atoms with Crippen LogP contribution in [0.2, 0.25) is 0 Å². The molecule has 1 N–H and O–H groups in total. The van der Waals surface area contributed by atoms with Gasteiger partial charge in [-0.05, 0) is 52.5 Å². The molecule has 0 aliphatic heterocycles. The number of carboxylic acid groups (broad SMARTS) is 1. The Balaban J connectivity index is 2.90. The number of nitrogens with zero attached hydrogens (tertiary/aromatic N) is 3. The van der Waals surface area contributed by atoms with Gasteiger partial charge in [0.2, 0.25) is 0 Å². The van der Waals surface area contributed by atoms with Gasteiger partial charge in [-0.2, -0.15) is 0 Å². The van der Waals surface area contributed by atoms with Crippen LogP contribution in [0.4, 0.5) is 5.82 Å². The van der Waals surface area contributed by atoms with Crippen molar-refractivity contribution >= 4 is 11.8 Å². The normalized spacial score (nSPS) is 10.8. The maximum atomic E-state index is 11.2. The molecule has 1 heterocycles. The summed E-state index contributed by atoms with van der Waals surface area (Å²) in [7, 11) is 4.10. The lowest BCUT2D eigenvalue weighted by atomic mass is 10.2. The maximum absolute atomic E-state index is 11.2. The molecule has 0 spiro atoms. The first-order chi connectivity index (χ1) is 9.47. The molecule has 0 unspecified atom stereocenters. The third-order valence-electron chi connectivity index (χ3n) is 3.21. The van der Waals surface area contributed by atoms with Crippen LogP contribution in [0, 0.1) is 0 Å². The van der Waals surface area contributed by atoms with E-state index in [4.69, 9.17) is 0 Å². The van der Waals surface area contributed by atoms with Crippen molar-refractivity contribution in [1.29, 1.82) is 0 Å². The molecule has 0 aliphatic rings. The molecule has 0 fully saturated rings. The number of hydrogen-bond acceptors (Lipinski definition) is 4. The van der Waals surface area contributed by atoms with Crippen molar-refractivity contribution in [3.8, 4) is 0 Å². The number of carbonyl (C=O) groups is 1. The Bertz CT molecular complexity index is 447. The van der Waals surface area contributed by atoms with E-state index in [0.29, 0.717) is 5.56 Å². The van der Waals surface area contributed by atoms with E-state index >= 15 is 0 Å². The second-order valence-corrected chi connectivity index (χ2v) is 5.10. The molecule has 0 aromatic carbocycles. The molecule has 0 amide bonds. The first-order valence-electron chi connectivity index (χ1n) is 7.11. The quantitative estimate of drug-likeness (QED) is 0.790. The number of hydrogen-bond donors (Lipinski definition) is 1. The van der Waals surface area contributed by atoms with Gasteiger partial charge in [-0.15, -0.1) is 0 Å². The Kier molecular flexibility index (Phi) is 6.45. The third kappa shape index (κ3) is 4.81. The van der Waals surface area contributed by atoms with Gasteiger partial charge in [-0.1, -0.05) is 6.92 Å². The smallest absolute Gasteiger partial charge is 0.335 e. The molecule has 1 rings (SSSR count). The summed E-state index contributed by atoms with van der Waals surface area (Å²) in [5.74, 6) is -0.129. The van der Waals surface area contributed by atoms with Gasteiger partial charge in [-0.25, -0.2) is 9.78 Å².